The minimum absolute atomic E-state index is 0.00836. The van der Waals surface area contributed by atoms with Gasteiger partial charge in [-0.05, 0) is 29.6 Å². The Morgan fingerprint density at radius 2 is 2.21 bits per heavy atom. The molecule has 0 saturated carbocycles. The van der Waals surface area contributed by atoms with Gasteiger partial charge in [-0.1, -0.05) is 17.7 Å². The molecule has 1 aliphatic rings. The Balaban J connectivity index is 1.81. The number of nitrogens with one attached hydrogen (secondary N) is 1. The van der Waals surface area contributed by atoms with Crippen LogP contribution in [-0.4, -0.2) is 24.1 Å². The van der Waals surface area contributed by atoms with Gasteiger partial charge in [0.25, 0.3) is 0 Å². The van der Waals surface area contributed by atoms with Crippen LogP contribution < -0.4 is 10.2 Å². The zero-order chi connectivity index (χ0) is 17.1. The molecule has 7 heteroatoms. The third kappa shape index (κ3) is 3.94. The van der Waals surface area contributed by atoms with Crippen molar-refractivity contribution in [2.45, 2.75) is 24.3 Å². The highest BCUT2D eigenvalue weighted by atomic mass is 35.5. The summed E-state index contributed by atoms with van der Waals surface area (Å²) in [5.41, 5.74) is 0.858. The van der Waals surface area contributed by atoms with Gasteiger partial charge in [-0.2, -0.15) is 0 Å². The molecule has 1 aromatic heterocycles. The summed E-state index contributed by atoms with van der Waals surface area (Å²) in [4.78, 5) is 28.2. The second kappa shape index (κ2) is 7.59. The molecule has 0 saturated heterocycles. The quantitative estimate of drug-likeness (QED) is 0.868. The van der Waals surface area contributed by atoms with Gasteiger partial charge in [-0.3, -0.25) is 9.59 Å². The Morgan fingerprint density at radius 3 is 2.92 bits per heavy atom. The van der Waals surface area contributed by atoms with E-state index in [1.54, 1.807) is 16.7 Å². The Kier molecular flexibility index (Phi) is 5.48. The molecule has 4 nitrogen and oxygen atoms in total. The molecule has 2 amide bonds. The lowest BCUT2D eigenvalue weighted by molar-refractivity contribution is -0.121. The van der Waals surface area contributed by atoms with Crippen molar-refractivity contribution in [2.24, 2.45) is 0 Å². The van der Waals surface area contributed by atoms with Crippen LogP contribution in [0.15, 0.2) is 40.6 Å². The van der Waals surface area contributed by atoms with Gasteiger partial charge in [-0.15, -0.1) is 23.1 Å². The van der Waals surface area contributed by atoms with Crippen molar-refractivity contribution in [3.63, 3.8) is 0 Å². The van der Waals surface area contributed by atoms with Gasteiger partial charge in [0, 0.05) is 34.0 Å². The van der Waals surface area contributed by atoms with Crippen molar-refractivity contribution in [1.29, 1.82) is 0 Å². The number of fused-ring (bicyclic) bond motifs is 1. The van der Waals surface area contributed by atoms with E-state index in [4.69, 9.17) is 11.6 Å². The first-order valence-corrected chi connectivity index (χ1v) is 9.82. The van der Waals surface area contributed by atoms with Crippen molar-refractivity contribution in [2.75, 3.05) is 17.2 Å². The molecule has 1 atom stereocenters. The van der Waals surface area contributed by atoms with Gasteiger partial charge in [0.15, 0.2) is 0 Å². The number of carbonyl (C=O) groups is 2. The molecular weight excluding hydrogens is 364 g/mol. The van der Waals surface area contributed by atoms with Crippen LogP contribution in [-0.2, 0) is 9.59 Å². The summed E-state index contributed by atoms with van der Waals surface area (Å²) in [5.74, 6) is 0.703. The van der Waals surface area contributed by atoms with E-state index in [0.29, 0.717) is 11.6 Å². The molecule has 1 aliphatic heterocycles. The highest BCUT2D eigenvalue weighted by Crippen LogP contribution is 2.37. The summed E-state index contributed by atoms with van der Waals surface area (Å²) in [7, 11) is 0. The van der Waals surface area contributed by atoms with Gasteiger partial charge in [-0.25, -0.2) is 0 Å². The van der Waals surface area contributed by atoms with Gasteiger partial charge in [0.05, 0.1) is 18.2 Å². The number of anilines is 1. The first-order valence-electron chi connectivity index (χ1n) is 7.58. The van der Waals surface area contributed by atoms with Crippen LogP contribution in [0.3, 0.4) is 0 Å². The number of rotatable bonds is 4. The van der Waals surface area contributed by atoms with Crippen LogP contribution in [0.25, 0.3) is 0 Å². The Hall–Kier alpha value is -1.50. The van der Waals surface area contributed by atoms with Crippen LogP contribution in [0.2, 0.25) is 5.02 Å². The third-order valence-corrected chi connectivity index (χ3v) is 5.99. The van der Waals surface area contributed by atoms with Gasteiger partial charge < -0.3 is 10.2 Å². The fraction of sp³-hybridized carbons (Fsp3) is 0.294. The Morgan fingerprint density at radius 1 is 1.38 bits per heavy atom. The Labute approximate surface area is 154 Å². The molecule has 1 unspecified atom stereocenters. The zero-order valence-corrected chi connectivity index (χ0v) is 15.5. The standard InChI is InChI=1S/C17H17ClN2O2S2/c1-11(21)19-13(15-3-2-7-23-15)10-17(22)20-6-8-24-16-5-4-12(18)9-14(16)20/h2-5,7,9,13H,6,8,10H2,1H3,(H,19,21). The molecule has 3 rings (SSSR count). The highest BCUT2D eigenvalue weighted by Gasteiger charge is 2.26. The van der Waals surface area contributed by atoms with Crippen molar-refractivity contribution in [3.05, 3.63) is 45.6 Å². The van der Waals surface area contributed by atoms with Crippen LogP contribution in [0.5, 0.6) is 0 Å². The molecule has 0 fully saturated rings. The molecule has 2 heterocycles. The molecule has 1 N–H and O–H groups in total. The normalized spacial score (nSPS) is 14.8. The van der Waals surface area contributed by atoms with Crippen LogP contribution in [0.4, 0.5) is 5.69 Å². The number of thioether (sulfide) groups is 1. The number of thiophene rings is 1. The summed E-state index contributed by atoms with van der Waals surface area (Å²) in [5, 5.41) is 5.44. The molecule has 0 spiro atoms. The van der Waals surface area contributed by atoms with E-state index in [1.165, 1.54) is 18.3 Å². The maximum atomic E-state index is 12.9. The largest absolute Gasteiger partial charge is 0.348 e. The summed E-state index contributed by atoms with van der Waals surface area (Å²) in [6.45, 7) is 2.12. The maximum Gasteiger partial charge on any atom is 0.229 e. The topological polar surface area (TPSA) is 49.4 Å². The van der Waals surface area contributed by atoms with Crippen LogP contribution >= 0.6 is 34.7 Å². The molecule has 0 radical (unpaired) electrons. The van der Waals surface area contributed by atoms with Crippen molar-refractivity contribution in [3.8, 4) is 0 Å². The fourth-order valence-corrected chi connectivity index (χ4v) is 4.61. The number of amides is 2. The predicted octanol–water partition coefficient (Wildman–Crippen LogP) is 4.11. The average molecular weight is 381 g/mol. The number of carbonyl (C=O) groups excluding carboxylic acids is 2. The molecule has 126 valence electrons. The second-order valence-corrected chi connectivity index (χ2v) is 8.03. The second-order valence-electron chi connectivity index (χ2n) is 5.48. The lowest BCUT2D eigenvalue weighted by atomic mass is 10.1. The lowest BCUT2D eigenvalue weighted by Crippen LogP contribution is -2.38. The van der Waals surface area contributed by atoms with E-state index in [2.05, 4.69) is 5.32 Å². The number of nitrogens with zero attached hydrogens (tertiary/aromatic N) is 1. The molecule has 0 bridgehead atoms. The Bertz CT molecular complexity index is 749. The minimum atomic E-state index is -0.299. The van der Waals surface area contributed by atoms with Crippen molar-refractivity contribution >= 4 is 52.2 Å². The fourth-order valence-electron chi connectivity index (χ4n) is 2.69. The maximum absolute atomic E-state index is 12.9. The molecule has 24 heavy (non-hydrogen) atoms. The van der Waals surface area contributed by atoms with E-state index in [9.17, 15) is 9.59 Å². The molecule has 0 aliphatic carbocycles. The predicted molar refractivity (Wildman–Crippen MR) is 100 cm³/mol. The smallest absolute Gasteiger partial charge is 0.229 e. The minimum Gasteiger partial charge on any atom is -0.348 e. The highest BCUT2D eigenvalue weighted by molar-refractivity contribution is 7.99. The van der Waals surface area contributed by atoms with Gasteiger partial charge in [0.1, 0.15) is 0 Å². The first kappa shape index (κ1) is 17.3. The average Bonchev–Trinajstić information content (AvgIpc) is 3.07. The summed E-state index contributed by atoms with van der Waals surface area (Å²) in [6.07, 6.45) is 0.233. The summed E-state index contributed by atoms with van der Waals surface area (Å²) >= 11 is 9.36. The molecule has 2 aromatic rings. The SMILES string of the molecule is CC(=O)NC(CC(=O)N1CCSc2ccc(Cl)cc21)c1cccs1. The van der Waals surface area contributed by atoms with E-state index >= 15 is 0 Å². The summed E-state index contributed by atoms with van der Waals surface area (Å²) < 4.78 is 0. The van der Waals surface area contributed by atoms with Gasteiger partial charge >= 0.3 is 0 Å². The van der Waals surface area contributed by atoms with E-state index in [0.717, 1.165) is 21.2 Å². The van der Waals surface area contributed by atoms with Crippen molar-refractivity contribution < 1.29 is 9.59 Å². The lowest BCUT2D eigenvalue weighted by Gasteiger charge is -2.30. The number of benzene rings is 1. The zero-order valence-electron chi connectivity index (χ0n) is 13.1. The van der Waals surface area contributed by atoms with E-state index in [-0.39, 0.29) is 24.3 Å². The monoisotopic (exact) mass is 380 g/mol. The number of hydrogen-bond donors (Lipinski definition) is 1. The number of halogens is 1. The number of hydrogen-bond acceptors (Lipinski definition) is 4. The van der Waals surface area contributed by atoms with Crippen LogP contribution in [0, 0.1) is 0 Å². The first-order chi connectivity index (χ1) is 11.5. The molecular formula is C17H17ClN2O2S2. The van der Waals surface area contributed by atoms with Crippen LogP contribution in [0.1, 0.15) is 24.3 Å². The van der Waals surface area contributed by atoms with Crippen molar-refractivity contribution in [1.82, 2.24) is 5.32 Å². The third-order valence-electron chi connectivity index (χ3n) is 3.73. The van der Waals surface area contributed by atoms with Gasteiger partial charge in [0.2, 0.25) is 11.8 Å². The van der Waals surface area contributed by atoms with E-state index in [1.807, 2.05) is 35.7 Å². The molecule has 1 aromatic carbocycles. The summed E-state index contributed by atoms with van der Waals surface area (Å²) in [6, 6.07) is 9.19. The van der Waals surface area contributed by atoms with E-state index < -0.39 is 0 Å².